The van der Waals surface area contributed by atoms with Crippen LogP contribution >= 0.6 is 12.4 Å². The van der Waals surface area contributed by atoms with Crippen LogP contribution in [-0.4, -0.2) is 27.7 Å². The molecule has 2 aromatic carbocycles. The zero-order chi connectivity index (χ0) is 15.7. The van der Waals surface area contributed by atoms with E-state index in [9.17, 15) is 14.7 Å². The van der Waals surface area contributed by atoms with Crippen LogP contribution in [0.15, 0.2) is 53.3 Å². The largest absolute Gasteiger partial charge is 0.497 e. The van der Waals surface area contributed by atoms with Gasteiger partial charge in [0.05, 0.1) is 18.1 Å². The molecular weight excluding hydrogens is 320 g/mol. The highest BCUT2D eigenvalue weighted by atomic mass is 35.5. The average molecular weight is 333 g/mol. The second kappa shape index (κ2) is 6.50. The van der Waals surface area contributed by atoms with E-state index in [1.807, 2.05) is 0 Å². The van der Waals surface area contributed by atoms with Crippen LogP contribution in [0.2, 0.25) is 0 Å². The van der Waals surface area contributed by atoms with E-state index >= 15 is 0 Å². The normalized spacial score (nSPS) is 10.1. The third kappa shape index (κ3) is 2.89. The number of fused-ring (bicyclic) bond motifs is 1. The molecule has 0 atom stereocenters. The molecule has 0 saturated heterocycles. The Balaban J connectivity index is 0.00000192. The van der Waals surface area contributed by atoms with E-state index in [1.165, 1.54) is 4.57 Å². The van der Waals surface area contributed by atoms with E-state index in [0.29, 0.717) is 22.5 Å². The first-order chi connectivity index (χ1) is 10.6. The smallest absolute Gasteiger partial charge is 0.360 e. The van der Waals surface area contributed by atoms with Gasteiger partial charge in [-0.25, -0.2) is 9.78 Å². The van der Waals surface area contributed by atoms with Crippen molar-refractivity contribution in [1.82, 2.24) is 9.55 Å². The number of carboxylic acids is 1. The van der Waals surface area contributed by atoms with Crippen LogP contribution in [0.25, 0.3) is 16.7 Å². The van der Waals surface area contributed by atoms with Crippen molar-refractivity contribution in [2.45, 2.75) is 0 Å². The van der Waals surface area contributed by atoms with Crippen LogP contribution in [0, 0.1) is 0 Å². The Morgan fingerprint density at radius 2 is 1.78 bits per heavy atom. The van der Waals surface area contributed by atoms with Crippen molar-refractivity contribution in [1.29, 1.82) is 0 Å². The van der Waals surface area contributed by atoms with Gasteiger partial charge in [0.25, 0.3) is 5.56 Å². The molecule has 0 amide bonds. The summed E-state index contributed by atoms with van der Waals surface area (Å²) in [5, 5.41) is 9.18. The van der Waals surface area contributed by atoms with Crippen molar-refractivity contribution < 1.29 is 14.6 Å². The maximum atomic E-state index is 12.5. The third-order valence-corrected chi connectivity index (χ3v) is 3.29. The highest BCUT2D eigenvalue weighted by Gasteiger charge is 2.17. The van der Waals surface area contributed by atoms with Crippen LogP contribution in [0.4, 0.5) is 0 Å². The number of para-hydroxylation sites is 2. The summed E-state index contributed by atoms with van der Waals surface area (Å²) in [6, 6.07) is 13.7. The number of halogens is 1. The van der Waals surface area contributed by atoms with E-state index in [1.54, 1.807) is 55.6 Å². The molecule has 0 saturated carbocycles. The predicted octanol–water partition coefficient (Wildman–Crippen LogP) is 2.51. The summed E-state index contributed by atoms with van der Waals surface area (Å²) in [5.74, 6) is -0.702. The number of carboxylic acid groups (broad SMARTS) is 1. The molecule has 23 heavy (non-hydrogen) atoms. The molecule has 0 unspecified atom stereocenters. The monoisotopic (exact) mass is 332 g/mol. The van der Waals surface area contributed by atoms with Gasteiger partial charge in [0.15, 0.2) is 0 Å². The Labute approximate surface area is 137 Å². The minimum Gasteiger partial charge on any atom is -0.497 e. The minimum atomic E-state index is -1.35. The van der Waals surface area contributed by atoms with E-state index < -0.39 is 17.2 Å². The zero-order valence-corrected chi connectivity index (χ0v) is 12.9. The number of hydrogen-bond acceptors (Lipinski definition) is 4. The van der Waals surface area contributed by atoms with Gasteiger partial charge in [0, 0.05) is 5.69 Å². The van der Waals surface area contributed by atoms with E-state index in [0.717, 1.165) is 0 Å². The first kappa shape index (κ1) is 16.5. The molecule has 0 aliphatic rings. The fraction of sp³-hybridized carbons (Fsp3) is 0.0625. The van der Waals surface area contributed by atoms with Crippen molar-refractivity contribution in [3.8, 4) is 11.4 Å². The van der Waals surface area contributed by atoms with Crippen molar-refractivity contribution in [3.63, 3.8) is 0 Å². The maximum Gasteiger partial charge on any atom is 0.360 e. The lowest BCUT2D eigenvalue weighted by Gasteiger charge is -2.11. The summed E-state index contributed by atoms with van der Waals surface area (Å²) >= 11 is 0. The number of aromatic nitrogens is 2. The summed E-state index contributed by atoms with van der Waals surface area (Å²) in [4.78, 5) is 27.7. The van der Waals surface area contributed by atoms with Gasteiger partial charge in [0.1, 0.15) is 5.75 Å². The second-order valence-electron chi connectivity index (χ2n) is 4.59. The van der Waals surface area contributed by atoms with E-state index in [-0.39, 0.29) is 12.4 Å². The predicted molar refractivity (Wildman–Crippen MR) is 88.1 cm³/mol. The highest BCUT2D eigenvalue weighted by molar-refractivity contribution is 5.88. The fourth-order valence-corrected chi connectivity index (χ4v) is 2.26. The number of rotatable bonds is 3. The van der Waals surface area contributed by atoms with Gasteiger partial charge in [-0.05, 0) is 36.4 Å². The average Bonchev–Trinajstić information content (AvgIpc) is 2.54. The van der Waals surface area contributed by atoms with Gasteiger partial charge in [-0.3, -0.25) is 9.36 Å². The number of hydrogen-bond donors (Lipinski definition) is 1. The maximum absolute atomic E-state index is 12.5. The lowest BCUT2D eigenvalue weighted by Crippen LogP contribution is -2.27. The summed E-state index contributed by atoms with van der Waals surface area (Å²) < 4.78 is 6.43. The Kier molecular flexibility index (Phi) is 4.66. The Morgan fingerprint density at radius 1 is 1.13 bits per heavy atom. The summed E-state index contributed by atoms with van der Waals surface area (Å²) in [5.41, 5.74) is 0.357. The molecule has 0 aliphatic carbocycles. The van der Waals surface area contributed by atoms with Gasteiger partial charge in [-0.1, -0.05) is 12.1 Å². The lowest BCUT2D eigenvalue weighted by atomic mass is 10.2. The van der Waals surface area contributed by atoms with Crippen LogP contribution in [0.3, 0.4) is 0 Å². The van der Waals surface area contributed by atoms with Crippen molar-refractivity contribution in [2.75, 3.05) is 7.11 Å². The number of carbonyl (C=O) groups is 1. The van der Waals surface area contributed by atoms with Crippen molar-refractivity contribution in [3.05, 3.63) is 64.6 Å². The number of nitrogens with zero attached hydrogens (tertiary/aromatic N) is 2. The molecule has 3 aromatic rings. The first-order valence-electron chi connectivity index (χ1n) is 6.51. The summed E-state index contributed by atoms with van der Waals surface area (Å²) in [6.07, 6.45) is 0. The Hall–Kier alpha value is -2.86. The molecule has 1 heterocycles. The number of methoxy groups -OCH3 is 1. The number of aromatic carboxylic acids is 1. The van der Waals surface area contributed by atoms with Crippen molar-refractivity contribution in [2.24, 2.45) is 0 Å². The molecule has 0 bridgehead atoms. The van der Waals surface area contributed by atoms with Gasteiger partial charge in [0.2, 0.25) is 5.69 Å². The lowest BCUT2D eigenvalue weighted by molar-refractivity contribution is 0.0688. The van der Waals surface area contributed by atoms with Gasteiger partial charge in [-0.15, -0.1) is 12.4 Å². The molecule has 7 heteroatoms. The molecule has 118 valence electrons. The Morgan fingerprint density at radius 3 is 2.39 bits per heavy atom. The zero-order valence-electron chi connectivity index (χ0n) is 12.1. The fourth-order valence-electron chi connectivity index (χ4n) is 2.26. The number of benzene rings is 2. The van der Waals surface area contributed by atoms with Crippen LogP contribution in [0.1, 0.15) is 10.5 Å². The van der Waals surface area contributed by atoms with Crippen LogP contribution in [-0.2, 0) is 0 Å². The van der Waals surface area contributed by atoms with Gasteiger partial charge in [-0.2, -0.15) is 0 Å². The molecule has 0 spiro atoms. The van der Waals surface area contributed by atoms with E-state index in [2.05, 4.69) is 4.98 Å². The standard InChI is InChI=1S/C16H12N2O4.ClH/c1-22-11-8-6-10(7-9-11)18-13-5-3-2-4-12(13)17-14(15(18)19)16(20)21;/h2-9H,1H3,(H,20,21);1H. The molecule has 0 aliphatic heterocycles. The molecule has 1 aromatic heterocycles. The summed E-state index contributed by atoms with van der Waals surface area (Å²) in [7, 11) is 1.55. The summed E-state index contributed by atoms with van der Waals surface area (Å²) in [6.45, 7) is 0. The topological polar surface area (TPSA) is 81.4 Å². The molecule has 3 rings (SSSR count). The molecule has 1 N–H and O–H groups in total. The molecule has 0 radical (unpaired) electrons. The second-order valence-corrected chi connectivity index (χ2v) is 4.59. The number of ether oxygens (including phenoxy) is 1. The van der Waals surface area contributed by atoms with E-state index in [4.69, 9.17) is 4.74 Å². The highest BCUT2D eigenvalue weighted by Crippen LogP contribution is 2.18. The molecule has 6 nitrogen and oxygen atoms in total. The third-order valence-electron chi connectivity index (χ3n) is 3.29. The van der Waals surface area contributed by atoms with Crippen molar-refractivity contribution >= 4 is 29.4 Å². The van der Waals surface area contributed by atoms with Gasteiger partial charge < -0.3 is 9.84 Å². The SMILES string of the molecule is COc1ccc(-n2c(=O)c(C(=O)O)nc3ccccc32)cc1.Cl. The van der Waals surface area contributed by atoms with Crippen LogP contribution < -0.4 is 10.3 Å². The minimum absolute atomic E-state index is 0. The van der Waals surface area contributed by atoms with Gasteiger partial charge >= 0.3 is 5.97 Å². The molecular formula is C16H13ClN2O4. The Bertz CT molecular complexity index is 920. The van der Waals surface area contributed by atoms with Crippen LogP contribution in [0.5, 0.6) is 5.75 Å². The molecule has 0 fully saturated rings. The first-order valence-corrected chi connectivity index (χ1v) is 6.51. The quantitative estimate of drug-likeness (QED) is 0.797.